The van der Waals surface area contributed by atoms with E-state index in [2.05, 4.69) is 17.3 Å². The maximum absolute atomic E-state index is 5.93. The molecule has 1 aliphatic heterocycles. The molecule has 0 radical (unpaired) electrons. The number of ether oxygens (including phenoxy) is 2. The average Bonchev–Trinajstić information content (AvgIpc) is 2.89. The van der Waals surface area contributed by atoms with Crippen molar-refractivity contribution < 1.29 is 9.47 Å². The monoisotopic (exact) mass is 239 g/mol. The highest BCUT2D eigenvalue weighted by Crippen LogP contribution is 2.33. The zero-order chi connectivity index (χ0) is 12.4. The van der Waals surface area contributed by atoms with Gasteiger partial charge in [0, 0.05) is 7.05 Å². The maximum Gasteiger partial charge on any atom is 0.161 e. The first-order chi connectivity index (χ1) is 8.17. The molecule has 1 N–H and O–H groups in total. The number of hydrogen-bond donors (Lipinski definition) is 1. The SMILES string of the molecule is CNC(c1c(OC)cnn1C)C1CCC(C)O1. The first-order valence-corrected chi connectivity index (χ1v) is 6.06. The third-order valence-corrected chi connectivity index (χ3v) is 3.41. The molecule has 0 spiro atoms. The van der Waals surface area contributed by atoms with E-state index >= 15 is 0 Å². The molecule has 0 aliphatic carbocycles. The Balaban J connectivity index is 2.25. The lowest BCUT2D eigenvalue weighted by Crippen LogP contribution is -2.31. The highest BCUT2D eigenvalue weighted by molar-refractivity contribution is 5.29. The second-order valence-corrected chi connectivity index (χ2v) is 4.55. The zero-order valence-electron chi connectivity index (χ0n) is 10.9. The molecule has 0 saturated carbocycles. The van der Waals surface area contributed by atoms with Gasteiger partial charge in [-0.05, 0) is 26.8 Å². The molecule has 2 heterocycles. The molecule has 17 heavy (non-hydrogen) atoms. The van der Waals surface area contributed by atoms with Crippen molar-refractivity contribution in [2.75, 3.05) is 14.2 Å². The summed E-state index contributed by atoms with van der Waals surface area (Å²) in [4.78, 5) is 0. The number of nitrogens with one attached hydrogen (secondary N) is 1. The van der Waals surface area contributed by atoms with Crippen molar-refractivity contribution in [1.82, 2.24) is 15.1 Å². The fraction of sp³-hybridized carbons (Fsp3) is 0.750. The quantitative estimate of drug-likeness (QED) is 0.859. The van der Waals surface area contributed by atoms with Crippen LogP contribution in [0.1, 0.15) is 31.5 Å². The molecule has 1 aromatic rings. The molecule has 1 fully saturated rings. The van der Waals surface area contributed by atoms with Crippen molar-refractivity contribution in [2.45, 2.75) is 38.0 Å². The summed E-state index contributed by atoms with van der Waals surface area (Å²) in [6.07, 6.45) is 4.47. The van der Waals surface area contributed by atoms with Gasteiger partial charge in [-0.15, -0.1) is 0 Å². The van der Waals surface area contributed by atoms with Gasteiger partial charge in [-0.2, -0.15) is 5.10 Å². The Morgan fingerprint density at radius 1 is 1.59 bits per heavy atom. The molecule has 2 rings (SSSR count). The van der Waals surface area contributed by atoms with Gasteiger partial charge in [0.15, 0.2) is 5.75 Å². The van der Waals surface area contributed by atoms with Crippen LogP contribution in [0.25, 0.3) is 0 Å². The predicted molar refractivity (Wildman–Crippen MR) is 65.1 cm³/mol. The van der Waals surface area contributed by atoms with Crippen LogP contribution in [0.3, 0.4) is 0 Å². The minimum atomic E-state index is 0.127. The van der Waals surface area contributed by atoms with Gasteiger partial charge in [0.25, 0.3) is 0 Å². The molecule has 5 heteroatoms. The number of methoxy groups -OCH3 is 1. The lowest BCUT2D eigenvalue weighted by atomic mass is 10.0. The first kappa shape index (κ1) is 12.4. The summed E-state index contributed by atoms with van der Waals surface area (Å²) in [5.74, 6) is 0.815. The van der Waals surface area contributed by atoms with Gasteiger partial charge in [0.2, 0.25) is 0 Å². The van der Waals surface area contributed by atoms with Crippen molar-refractivity contribution in [3.8, 4) is 5.75 Å². The van der Waals surface area contributed by atoms with Crippen molar-refractivity contribution in [1.29, 1.82) is 0 Å². The van der Waals surface area contributed by atoms with E-state index in [1.54, 1.807) is 13.3 Å². The van der Waals surface area contributed by atoms with Gasteiger partial charge in [-0.3, -0.25) is 4.68 Å². The Morgan fingerprint density at radius 2 is 2.35 bits per heavy atom. The predicted octanol–water partition coefficient (Wildman–Crippen LogP) is 1.26. The molecule has 3 unspecified atom stereocenters. The van der Waals surface area contributed by atoms with Crippen LogP contribution in [0.5, 0.6) is 5.75 Å². The largest absolute Gasteiger partial charge is 0.493 e. The minimum absolute atomic E-state index is 0.127. The Kier molecular flexibility index (Phi) is 3.69. The van der Waals surface area contributed by atoms with Crippen LogP contribution in [0.15, 0.2) is 6.20 Å². The van der Waals surface area contributed by atoms with E-state index in [9.17, 15) is 0 Å². The second-order valence-electron chi connectivity index (χ2n) is 4.55. The fourth-order valence-electron chi connectivity index (χ4n) is 2.52. The molecular formula is C12H21N3O2. The van der Waals surface area contributed by atoms with E-state index in [-0.39, 0.29) is 12.1 Å². The standard InChI is InChI=1S/C12H21N3O2/c1-8-5-6-9(17-8)11(13-2)12-10(16-4)7-14-15(12)3/h7-9,11,13H,5-6H2,1-4H3. The van der Waals surface area contributed by atoms with Crippen molar-refractivity contribution in [3.05, 3.63) is 11.9 Å². The third kappa shape index (κ3) is 2.30. The number of rotatable bonds is 4. The number of aryl methyl sites for hydroxylation is 1. The number of hydrogen-bond acceptors (Lipinski definition) is 4. The number of nitrogens with zero attached hydrogens (tertiary/aromatic N) is 2. The normalized spacial score (nSPS) is 26.1. The van der Waals surface area contributed by atoms with Gasteiger partial charge >= 0.3 is 0 Å². The molecule has 1 saturated heterocycles. The molecule has 0 aromatic carbocycles. The lowest BCUT2D eigenvalue weighted by molar-refractivity contribution is 0.0310. The van der Waals surface area contributed by atoms with E-state index in [1.807, 2.05) is 18.8 Å². The summed E-state index contributed by atoms with van der Waals surface area (Å²) in [6, 6.07) is 0.127. The summed E-state index contributed by atoms with van der Waals surface area (Å²) < 4.78 is 13.1. The zero-order valence-corrected chi connectivity index (χ0v) is 10.9. The number of likely N-dealkylation sites (N-methyl/N-ethyl adjacent to an activating group) is 1. The van der Waals surface area contributed by atoms with Crippen LogP contribution < -0.4 is 10.1 Å². The summed E-state index contributed by atoms with van der Waals surface area (Å²) >= 11 is 0. The average molecular weight is 239 g/mol. The molecule has 0 amide bonds. The lowest BCUT2D eigenvalue weighted by Gasteiger charge is -2.24. The third-order valence-electron chi connectivity index (χ3n) is 3.41. The van der Waals surface area contributed by atoms with E-state index in [4.69, 9.17) is 9.47 Å². The van der Waals surface area contributed by atoms with Gasteiger partial charge in [0.05, 0.1) is 37.3 Å². The van der Waals surface area contributed by atoms with E-state index in [1.165, 1.54) is 0 Å². The smallest absolute Gasteiger partial charge is 0.161 e. The van der Waals surface area contributed by atoms with Crippen LogP contribution in [0.2, 0.25) is 0 Å². The molecular weight excluding hydrogens is 218 g/mol. The Bertz CT molecular complexity index is 378. The Morgan fingerprint density at radius 3 is 2.88 bits per heavy atom. The summed E-state index contributed by atoms with van der Waals surface area (Å²) in [7, 11) is 5.55. The molecule has 3 atom stereocenters. The van der Waals surface area contributed by atoms with Crippen molar-refractivity contribution >= 4 is 0 Å². The summed E-state index contributed by atoms with van der Waals surface area (Å²) in [5, 5.41) is 7.56. The first-order valence-electron chi connectivity index (χ1n) is 6.06. The van der Waals surface area contributed by atoms with Crippen LogP contribution in [0, 0.1) is 0 Å². The minimum Gasteiger partial charge on any atom is -0.493 e. The fourth-order valence-corrected chi connectivity index (χ4v) is 2.52. The van der Waals surface area contributed by atoms with Crippen LogP contribution >= 0.6 is 0 Å². The van der Waals surface area contributed by atoms with E-state index in [0.717, 1.165) is 24.3 Å². The Labute approximate surface area is 102 Å². The molecule has 0 bridgehead atoms. The van der Waals surface area contributed by atoms with Gasteiger partial charge in [-0.25, -0.2) is 0 Å². The molecule has 5 nitrogen and oxygen atoms in total. The van der Waals surface area contributed by atoms with Crippen molar-refractivity contribution in [2.24, 2.45) is 7.05 Å². The highest BCUT2D eigenvalue weighted by Gasteiger charge is 2.33. The highest BCUT2D eigenvalue weighted by atomic mass is 16.5. The van der Waals surface area contributed by atoms with E-state index < -0.39 is 0 Å². The van der Waals surface area contributed by atoms with Crippen molar-refractivity contribution in [3.63, 3.8) is 0 Å². The topological polar surface area (TPSA) is 48.3 Å². The molecule has 1 aromatic heterocycles. The molecule has 96 valence electrons. The van der Waals surface area contributed by atoms with Crippen LogP contribution in [0.4, 0.5) is 0 Å². The van der Waals surface area contributed by atoms with Crippen LogP contribution in [-0.2, 0) is 11.8 Å². The van der Waals surface area contributed by atoms with Gasteiger partial charge in [-0.1, -0.05) is 0 Å². The van der Waals surface area contributed by atoms with E-state index in [0.29, 0.717) is 6.10 Å². The number of aromatic nitrogens is 2. The summed E-state index contributed by atoms with van der Waals surface area (Å²) in [6.45, 7) is 2.12. The second kappa shape index (κ2) is 5.06. The van der Waals surface area contributed by atoms with Crippen LogP contribution in [-0.4, -0.2) is 36.1 Å². The molecule has 1 aliphatic rings. The Hall–Kier alpha value is -1.07. The van der Waals surface area contributed by atoms with Gasteiger partial charge < -0.3 is 14.8 Å². The summed E-state index contributed by atoms with van der Waals surface area (Å²) in [5.41, 5.74) is 1.05. The maximum atomic E-state index is 5.93. The van der Waals surface area contributed by atoms with Gasteiger partial charge in [0.1, 0.15) is 0 Å².